The van der Waals surface area contributed by atoms with Crippen molar-refractivity contribution in [2.45, 2.75) is 12.8 Å². The molecule has 0 aliphatic heterocycles. The number of anilines is 1. The molecular formula is C13H17N3O4. The highest BCUT2D eigenvalue weighted by atomic mass is 16.6. The zero-order chi connectivity index (χ0) is 14.5. The monoisotopic (exact) mass is 279 g/mol. The number of benzene rings is 1. The second-order valence-corrected chi connectivity index (χ2v) is 4.74. The fraction of sp³-hybridized carbons (Fsp3) is 0.462. The number of rotatable bonds is 7. The second-order valence-electron chi connectivity index (χ2n) is 4.74. The van der Waals surface area contributed by atoms with Gasteiger partial charge in [0.1, 0.15) is 0 Å². The summed E-state index contributed by atoms with van der Waals surface area (Å²) < 4.78 is 4.96. The minimum absolute atomic E-state index is 0.0887. The fourth-order valence-electron chi connectivity index (χ4n) is 1.76. The van der Waals surface area contributed by atoms with Gasteiger partial charge in [0.15, 0.2) is 5.75 Å². The van der Waals surface area contributed by atoms with E-state index >= 15 is 0 Å². The lowest BCUT2D eigenvalue weighted by molar-refractivity contribution is -0.385. The molecule has 1 aliphatic rings. The number of amides is 1. The lowest BCUT2D eigenvalue weighted by Crippen LogP contribution is -2.31. The molecule has 1 fully saturated rings. The zero-order valence-electron chi connectivity index (χ0n) is 11.2. The van der Waals surface area contributed by atoms with Gasteiger partial charge in [0, 0.05) is 24.4 Å². The molecule has 0 saturated heterocycles. The summed E-state index contributed by atoms with van der Waals surface area (Å²) in [7, 11) is 1.37. The van der Waals surface area contributed by atoms with Crippen LogP contribution < -0.4 is 15.4 Å². The van der Waals surface area contributed by atoms with Gasteiger partial charge >= 0.3 is 5.69 Å². The molecule has 1 aromatic rings. The highest BCUT2D eigenvalue weighted by Crippen LogP contribution is 2.29. The summed E-state index contributed by atoms with van der Waals surface area (Å²) in [4.78, 5) is 21.8. The van der Waals surface area contributed by atoms with Gasteiger partial charge in [-0.1, -0.05) is 0 Å². The molecule has 0 unspecified atom stereocenters. The average Bonchev–Trinajstić information content (AvgIpc) is 3.26. The average molecular weight is 279 g/mol. The third kappa shape index (κ3) is 3.84. The number of carbonyl (C=O) groups excluding carboxylic acids is 1. The summed E-state index contributed by atoms with van der Waals surface area (Å²) in [5.74, 6) is 0.714. The highest BCUT2D eigenvalue weighted by molar-refractivity contribution is 5.80. The first-order valence-electron chi connectivity index (χ1n) is 6.43. The molecule has 2 rings (SSSR count). The van der Waals surface area contributed by atoms with E-state index in [1.54, 1.807) is 6.07 Å². The van der Waals surface area contributed by atoms with E-state index in [1.165, 1.54) is 32.1 Å². The quantitative estimate of drug-likeness (QED) is 0.583. The molecule has 0 aromatic heterocycles. The maximum Gasteiger partial charge on any atom is 0.311 e. The molecule has 0 radical (unpaired) electrons. The lowest BCUT2D eigenvalue weighted by Gasteiger charge is -2.09. The summed E-state index contributed by atoms with van der Waals surface area (Å²) >= 11 is 0. The normalized spacial score (nSPS) is 13.7. The first-order chi connectivity index (χ1) is 9.60. The topological polar surface area (TPSA) is 93.5 Å². The largest absolute Gasteiger partial charge is 0.490 e. The zero-order valence-corrected chi connectivity index (χ0v) is 11.2. The summed E-state index contributed by atoms with van der Waals surface area (Å²) in [6.07, 6.45) is 2.38. The summed E-state index contributed by atoms with van der Waals surface area (Å²) in [6, 6.07) is 4.41. The molecule has 20 heavy (non-hydrogen) atoms. The molecule has 0 bridgehead atoms. The highest BCUT2D eigenvalue weighted by Gasteiger charge is 2.21. The van der Waals surface area contributed by atoms with Crippen molar-refractivity contribution in [2.75, 3.05) is 25.5 Å². The van der Waals surface area contributed by atoms with Gasteiger partial charge in [-0.3, -0.25) is 14.9 Å². The van der Waals surface area contributed by atoms with Gasteiger partial charge in [0.05, 0.1) is 18.6 Å². The number of carbonyl (C=O) groups is 1. The minimum atomic E-state index is -0.509. The Morgan fingerprint density at radius 2 is 2.25 bits per heavy atom. The summed E-state index contributed by atoms with van der Waals surface area (Å²) in [6.45, 7) is 0.859. The smallest absolute Gasteiger partial charge is 0.311 e. The number of nitro groups is 1. The first kappa shape index (κ1) is 14.1. The van der Waals surface area contributed by atoms with Crippen LogP contribution in [-0.2, 0) is 4.79 Å². The van der Waals surface area contributed by atoms with E-state index in [4.69, 9.17) is 4.74 Å². The van der Waals surface area contributed by atoms with Crippen molar-refractivity contribution in [1.82, 2.24) is 5.32 Å². The van der Waals surface area contributed by atoms with E-state index in [2.05, 4.69) is 10.6 Å². The van der Waals surface area contributed by atoms with Crippen LogP contribution in [0.3, 0.4) is 0 Å². The van der Waals surface area contributed by atoms with Crippen molar-refractivity contribution in [3.8, 4) is 5.75 Å². The SMILES string of the molecule is COc1cc(NCC(=O)NCC2CC2)ccc1[N+](=O)[O-]. The van der Waals surface area contributed by atoms with Crippen molar-refractivity contribution in [1.29, 1.82) is 0 Å². The van der Waals surface area contributed by atoms with E-state index in [9.17, 15) is 14.9 Å². The lowest BCUT2D eigenvalue weighted by atomic mass is 10.2. The molecule has 7 nitrogen and oxygen atoms in total. The second kappa shape index (κ2) is 6.23. The fourth-order valence-corrected chi connectivity index (χ4v) is 1.76. The predicted molar refractivity (Wildman–Crippen MR) is 73.9 cm³/mol. The van der Waals surface area contributed by atoms with Crippen LogP contribution >= 0.6 is 0 Å². The van der Waals surface area contributed by atoms with Crippen LogP contribution in [0.4, 0.5) is 11.4 Å². The van der Waals surface area contributed by atoms with Gasteiger partial charge in [-0.15, -0.1) is 0 Å². The molecule has 1 amide bonds. The minimum Gasteiger partial charge on any atom is -0.490 e. The summed E-state index contributed by atoms with van der Waals surface area (Å²) in [5, 5.41) is 16.5. The number of nitro benzene ring substituents is 1. The van der Waals surface area contributed by atoms with E-state index in [0.29, 0.717) is 11.6 Å². The summed E-state index contributed by atoms with van der Waals surface area (Å²) in [5.41, 5.74) is 0.505. The van der Waals surface area contributed by atoms with E-state index < -0.39 is 4.92 Å². The van der Waals surface area contributed by atoms with Crippen LogP contribution in [0.15, 0.2) is 18.2 Å². The Hall–Kier alpha value is -2.31. The van der Waals surface area contributed by atoms with Crippen LogP contribution in [-0.4, -0.2) is 31.0 Å². The molecule has 7 heteroatoms. The predicted octanol–water partition coefficient (Wildman–Crippen LogP) is 1.54. The van der Waals surface area contributed by atoms with Gasteiger partial charge in [0.25, 0.3) is 0 Å². The molecule has 108 valence electrons. The van der Waals surface area contributed by atoms with Gasteiger partial charge < -0.3 is 15.4 Å². The number of nitrogens with one attached hydrogen (secondary N) is 2. The molecule has 0 atom stereocenters. The Morgan fingerprint density at radius 3 is 2.85 bits per heavy atom. The van der Waals surface area contributed by atoms with E-state index in [1.807, 2.05) is 0 Å². The van der Waals surface area contributed by atoms with Crippen LogP contribution in [0.5, 0.6) is 5.75 Å². The standard InChI is InChI=1S/C13H17N3O4/c1-20-12-6-10(4-5-11(12)16(18)19)14-8-13(17)15-7-9-2-3-9/h4-6,9,14H,2-3,7-8H2,1H3,(H,15,17). The Bertz CT molecular complexity index is 514. The van der Waals surface area contributed by atoms with Gasteiger partial charge in [-0.05, 0) is 24.8 Å². The Balaban J connectivity index is 1.88. The number of ether oxygens (including phenoxy) is 1. The Kier molecular flexibility index (Phi) is 4.39. The van der Waals surface area contributed by atoms with Crippen LogP contribution in [0.2, 0.25) is 0 Å². The Morgan fingerprint density at radius 1 is 1.50 bits per heavy atom. The van der Waals surface area contributed by atoms with Gasteiger partial charge in [0.2, 0.25) is 5.91 Å². The Labute approximate surface area is 116 Å². The van der Waals surface area contributed by atoms with Crippen molar-refractivity contribution < 1.29 is 14.5 Å². The van der Waals surface area contributed by atoms with Crippen LogP contribution in [0, 0.1) is 16.0 Å². The molecule has 1 saturated carbocycles. The molecule has 1 aromatic carbocycles. The van der Waals surface area contributed by atoms with E-state index in [0.717, 1.165) is 6.54 Å². The van der Waals surface area contributed by atoms with E-state index in [-0.39, 0.29) is 23.9 Å². The first-order valence-corrected chi connectivity index (χ1v) is 6.43. The maximum absolute atomic E-state index is 11.6. The number of hydrogen-bond donors (Lipinski definition) is 2. The van der Waals surface area contributed by atoms with Crippen molar-refractivity contribution in [3.05, 3.63) is 28.3 Å². The van der Waals surface area contributed by atoms with Crippen LogP contribution in [0.25, 0.3) is 0 Å². The molecule has 2 N–H and O–H groups in total. The third-order valence-electron chi connectivity index (χ3n) is 3.11. The molecular weight excluding hydrogens is 262 g/mol. The number of nitrogens with zero attached hydrogens (tertiary/aromatic N) is 1. The molecule has 0 heterocycles. The van der Waals surface area contributed by atoms with Crippen LogP contribution in [0.1, 0.15) is 12.8 Å². The number of methoxy groups -OCH3 is 1. The van der Waals surface area contributed by atoms with Crippen molar-refractivity contribution in [2.24, 2.45) is 5.92 Å². The van der Waals surface area contributed by atoms with Gasteiger partial charge in [-0.25, -0.2) is 0 Å². The maximum atomic E-state index is 11.6. The van der Waals surface area contributed by atoms with Crippen molar-refractivity contribution in [3.63, 3.8) is 0 Å². The van der Waals surface area contributed by atoms with Gasteiger partial charge in [-0.2, -0.15) is 0 Å². The molecule has 1 aliphatic carbocycles. The molecule has 0 spiro atoms. The number of hydrogen-bond acceptors (Lipinski definition) is 5. The third-order valence-corrected chi connectivity index (χ3v) is 3.11. The van der Waals surface area contributed by atoms with Crippen molar-refractivity contribution >= 4 is 17.3 Å².